The summed E-state index contributed by atoms with van der Waals surface area (Å²) < 4.78 is 47.6. The van der Waals surface area contributed by atoms with Gasteiger partial charge in [0.15, 0.2) is 0 Å². The minimum absolute atomic E-state index is 0.143. The Morgan fingerprint density at radius 2 is 1.63 bits per heavy atom. The number of benzene rings is 3. The van der Waals surface area contributed by atoms with E-state index in [-0.39, 0.29) is 17.0 Å². The first-order valence-electron chi connectivity index (χ1n) is 10.2. The number of hydrogen-bond donors (Lipinski definition) is 1. The van der Waals surface area contributed by atoms with Gasteiger partial charge in [-0.15, -0.1) is 13.2 Å². The van der Waals surface area contributed by atoms with E-state index in [2.05, 4.69) is 20.7 Å². The number of aliphatic hydroxyl groups excluding tert-OH is 1. The molecule has 0 saturated carbocycles. The Morgan fingerprint density at radius 1 is 0.971 bits per heavy atom. The van der Waals surface area contributed by atoms with E-state index in [0.717, 1.165) is 21.5 Å². The quantitative estimate of drug-likeness (QED) is 0.241. The second-order valence-electron chi connectivity index (χ2n) is 7.49. The summed E-state index contributed by atoms with van der Waals surface area (Å²) in [4.78, 5) is 27.4. The maximum atomic E-state index is 13.1. The highest BCUT2D eigenvalue weighted by Crippen LogP contribution is 2.43. The van der Waals surface area contributed by atoms with Gasteiger partial charge in [0.1, 0.15) is 17.3 Å². The molecular formula is C25H17BrF3NO5. The second kappa shape index (κ2) is 9.46. The molecule has 1 heterocycles. The van der Waals surface area contributed by atoms with E-state index in [4.69, 9.17) is 4.74 Å². The Morgan fingerprint density at radius 3 is 2.23 bits per heavy atom. The molecule has 1 fully saturated rings. The largest absolute Gasteiger partial charge is 0.573 e. The molecule has 180 valence electrons. The number of amides is 1. The van der Waals surface area contributed by atoms with Gasteiger partial charge in [0.2, 0.25) is 0 Å². The molecule has 0 bridgehead atoms. The number of carbonyl (C=O) groups is 2. The molecule has 0 aromatic heterocycles. The normalized spacial score (nSPS) is 17.5. The van der Waals surface area contributed by atoms with Crippen LogP contribution in [0.15, 0.2) is 82.8 Å². The van der Waals surface area contributed by atoms with E-state index in [9.17, 15) is 27.9 Å². The van der Waals surface area contributed by atoms with Crippen molar-refractivity contribution in [3.8, 4) is 11.5 Å². The number of nitrogens with zero attached hydrogens (tertiary/aromatic N) is 1. The molecule has 1 aliphatic rings. The first kappa shape index (κ1) is 24.3. The predicted octanol–water partition coefficient (Wildman–Crippen LogP) is 5.98. The van der Waals surface area contributed by atoms with Crippen LogP contribution >= 0.6 is 15.9 Å². The number of methoxy groups -OCH3 is 1. The van der Waals surface area contributed by atoms with Gasteiger partial charge in [-0.2, -0.15) is 0 Å². The van der Waals surface area contributed by atoms with Crippen molar-refractivity contribution in [2.24, 2.45) is 0 Å². The lowest BCUT2D eigenvalue weighted by molar-refractivity contribution is -0.274. The van der Waals surface area contributed by atoms with Crippen LogP contribution in [0.25, 0.3) is 5.76 Å². The number of hydrogen-bond acceptors (Lipinski definition) is 5. The van der Waals surface area contributed by atoms with Gasteiger partial charge in [0.05, 0.1) is 18.7 Å². The van der Waals surface area contributed by atoms with Crippen LogP contribution in [0.2, 0.25) is 0 Å². The van der Waals surface area contributed by atoms with Crippen LogP contribution in [0.1, 0.15) is 17.2 Å². The topological polar surface area (TPSA) is 76.1 Å². The van der Waals surface area contributed by atoms with Gasteiger partial charge in [-0.25, -0.2) is 0 Å². The van der Waals surface area contributed by atoms with Crippen LogP contribution in [-0.4, -0.2) is 30.3 Å². The summed E-state index contributed by atoms with van der Waals surface area (Å²) in [6, 6.07) is 16.6. The molecule has 3 aromatic rings. The number of anilines is 1. The molecule has 3 aromatic carbocycles. The van der Waals surface area contributed by atoms with Gasteiger partial charge >= 0.3 is 6.36 Å². The lowest BCUT2D eigenvalue weighted by atomic mass is 9.95. The monoisotopic (exact) mass is 547 g/mol. The van der Waals surface area contributed by atoms with Gasteiger partial charge in [-0.3, -0.25) is 14.5 Å². The van der Waals surface area contributed by atoms with E-state index in [1.807, 2.05) is 0 Å². The molecule has 35 heavy (non-hydrogen) atoms. The van der Waals surface area contributed by atoms with Crippen molar-refractivity contribution in [3.05, 3.63) is 94.0 Å². The number of Topliss-reactive ketones (excluding diaryl/α,β-unsaturated/α-hetero) is 1. The molecule has 6 nitrogen and oxygen atoms in total. The van der Waals surface area contributed by atoms with Crippen LogP contribution in [0.5, 0.6) is 11.5 Å². The second-order valence-corrected chi connectivity index (χ2v) is 8.41. The van der Waals surface area contributed by atoms with Crippen molar-refractivity contribution < 1.29 is 37.3 Å². The van der Waals surface area contributed by atoms with Crippen LogP contribution in [0.4, 0.5) is 18.9 Å². The molecule has 1 atom stereocenters. The summed E-state index contributed by atoms with van der Waals surface area (Å²) in [7, 11) is 1.46. The highest BCUT2D eigenvalue weighted by atomic mass is 79.9. The Kier molecular flexibility index (Phi) is 6.58. The van der Waals surface area contributed by atoms with Crippen molar-refractivity contribution in [2.75, 3.05) is 12.0 Å². The number of ether oxygens (including phenoxy) is 2. The van der Waals surface area contributed by atoms with Crippen molar-refractivity contribution >= 4 is 39.1 Å². The van der Waals surface area contributed by atoms with Gasteiger partial charge in [-0.05, 0) is 54.1 Å². The summed E-state index contributed by atoms with van der Waals surface area (Å²) in [6.45, 7) is 0. The summed E-state index contributed by atoms with van der Waals surface area (Å²) in [5.41, 5.74) is 0.747. The first-order valence-corrected chi connectivity index (χ1v) is 10.9. The predicted molar refractivity (Wildman–Crippen MR) is 125 cm³/mol. The number of carbonyl (C=O) groups excluding carboxylic acids is 2. The van der Waals surface area contributed by atoms with E-state index >= 15 is 0 Å². The number of halogens is 4. The van der Waals surface area contributed by atoms with Gasteiger partial charge in [0.25, 0.3) is 11.7 Å². The summed E-state index contributed by atoms with van der Waals surface area (Å²) in [5, 5.41) is 11.1. The van der Waals surface area contributed by atoms with E-state index in [0.29, 0.717) is 16.9 Å². The minimum Gasteiger partial charge on any atom is -0.507 e. The lowest BCUT2D eigenvalue weighted by Crippen LogP contribution is -2.29. The number of aliphatic hydroxyl groups is 1. The zero-order chi connectivity index (χ0) is 25.3. The molecule has 1 saturated heterocycles. The molecule has 0 spiro atoms. The molecule has 1 amide bonds. The van der Waals surface area contributed by atoms with Crippen LogP contribution in [0, 0.1) is 0 Å². The zero-order valence-electron chi connectivity index (χ0n) is 18.0. The van der Waals surface area contributed by atoms with Crippen LogP contribution < -0.4 is 14.4 Å². The fourth-order valence-corrected chi connectivity index (χ4v) is 4.06. The fraction of sp³-hybridized carbons (Fsp3) is 0.120. The number of rotatable bonds is 5. The molecule has 1 unspecified atom stereocenters. The summed E-state index contributed by atoms with van der Waals surface area (Å²) in [6.07, 6.45) is -4.88. The van der Waals surface area contributed by atoms with Gasteiger partial charge < -0.3 is 14.6 Å². The van der Waals surface area contributed by atoms with Crippen molar-refractivity contribution in [3.63, 3.8) is 0 Å². The summed E-state index contributed by atoms with van der Waals surface area (Å²) in [5.74, 6) is -2.30. The SMILES string of the molecule is COc1cccc(C2/C(=C(/O)c3ccc(Br)cc3)C(=O)C(=O)N2c2ccc(OC(F)(F)F)cc2)c1. The third-order valence-corrected chi connectivity index (χ3v) is 5.85. The fourth-order valence-electron chi connectivity index (χ4n) is 3.80. The van der Waals surface area contributed by atoms with Crippen LogP contribution in [-0.2, 0) is 9.59 Å². The maximum Gasteiger partial charge on any atom is 0.573 e. The van der Waals surface area contributed by atoms with Gasteiger partial charge in [0, 0.05) is 15.7 Å². The first-order chi connectivity index (χ1) is 16.6. The molecular weight excluding hydrogens is 531 g/mol. The lowest BCUT2D eigenvalue weighted by Gasteiger charge is -2.26. The molecule has 4 rings (SSSR count). The molecule has 1 N–H and O–H groups in total. The minimum atomic E-state index is -4.88. The molecule has 10 heteroatoms. The molecule has 1 aliphatic heterocycles. The smallest absolute Gasteiger partial charge is 0.507 e. The standard InChI is InChI=1S/C25H17BrF3NO5/c1-34-19-4-2-3-15(13-19)21-20(22(31)14-5-7-16(26)8-6-14)23(32)24(33)30(21)17-9-11-18(12-10-17)35-25(27,28)29/h2-13,21,31H,1H3/b22-20-. The van der Waals surface area contributed by atoms with E-state index in [1.54, 1.807) is 48.5 Å². The Bertz CT molecular complexity index is 1300. The molecule has 0 radical (unpaired) electrons. The Hall–Kier alpha value is -3.79. The van der Waals surface area contributed by atoms with E-state index in [1.165, 1.54) is 19.2 Å². The maximum absolute atomic E-state index is 13.1. The highest BCUT2D eigenvalue weighted by molar-refractivity contribution is 9.10. The Balaban J connectivity index is 1.86. The number of alkyl halides is 3. The summed E-state index contributed by atoms with van der Waals surface area (Å²) >= 11 is 3.31. The van der Waals surface area contributed by atoms with Crippen molar-refractivity contribution in [2.45, 2.75) is 12.4 Å². The van der Waals surface area contributed by atoms with Gasteiger partial charge in [-0.1, -0.05) is 40.2 Å². The highest BCUT2D eigenvalue weighted by Gasteiger charge is 2.47. The van der Waals surface area contributed by atoms with Crippen molar-refractivity contribution in [1.82, 2.24) is 0 Å². The average Bonchev–Trinajstić information content (AvgIpc) is 3.09. The molecule has 0 aliphatic carbocycles. The van der Waals surface area contributed by atoms with Crippen molar-refractivity contribution in [1.29, 1.82) is 0 Å². The number of ketones is 1. The van der Waals surface area contributed by atoms with Crippen LogP contribution in [0.3, 0.4) is 0 Å². The third-order valence-electron chi connectivity index (χ3n) is 5.32. The third kappa shape index (κ3) is 5.02. The zero-order valence-corrected chi connectivity index (χ0v) is 19.6. The average molecular weight is 548 g/mol. The van der Waals surface area contributed by atoms with E-state index < -0.39 is 29.8 Å². The Labute approximate surface area is 206 Å².